The van der Waals surface area contributed by atoms with Crippen LogP contribution >= 0.6 is 11.8 Å². The van der Waals surface area contributed by atoms with Gasteiger partial charge >= 0.3 is 5.97 Å². The summed E-state index contributed by atoms with van der Waals surface area (Å²) >= 11 is 1.52. The minimum absolute atomic E-state index is 0.353. The topological polar surface area (TPSA) is 76.2 Å². The van der Waals surface area contributed by atoms with Crippen LogP contribution in [0.2, 0.25) is 0 Å². The van der Waals surface area contributed by atoms with E-state index in [4.69, 9.17) is 10.8 Å². The number of aromatic nitrogens is 1. The molecule has 0 aliphatic carbocycles. The number of nitrogen functional groups attached to an aromatic ring is 1. The lowest BCUT2D eigenvalue weighted by atomic mass is 10.3. The van der Waals surface area contributed by atoms with Crippen molar-refractivity contribution in [3.63, 3.8) is 0 Å². The van der Waals surface area contributed by atoms with Crippen molar-refractivity contribution in [2.75, 3.05) is 11.5 Å². The number of pyridine rings is 1. The lowest BCUT2D eigenvalue weighted by molar-refractivity contribution is -0.132. The number of hydrogen-bond acceptors (Lipinski definition) is 4. The van der Waals surface area contributed by atoms with E-state index in [1.807, 2.05) is 6.07 Å². The normalized spacial score (nSPS) is 11.4. The molecule has 0 spiro atoms. The molecular weight excluding hydrogens is 212 g/mol. The Labute approximate surface area is 92.2 Å². The molecule has 0 radical (unpaired) electrons. The standard InChI is InChI=1S/C10H12N2O2S/c1-7(10(13)14)4-5-15-8-2-3-9(11)12-6-8/h2-4,6H,5H2,1H3,(H2,11,12)(H,13,14). The van der Waals surface area contributed by atoms with Crippen LogP contribution in [-0.2, 0) is 4.79 Å². The van der Waals surface area contributed by atoms with Crippen molar-refractivity contribution < 1.29 is 9.90 Å². The number of aliphatic carboxylic acids is 1. The van der Waals surface area contributed by atoms with Gasteiger partial charge in [0.05, 0.1) is 0 Å². The molecule has 0 aliphatic heterocycles. The van der Waals surface area contributed by atoms with E-state index in [9.17, 15) is 4.79 Å². The zero-order valence-corrected chi connectivity index (χ0v) is 9.12. The zero-order chi connectivity index (χ0) is 11.3. The molecular formula is C10H12N2O2S. The molecule has 0 unspecified atom stereocenters. The Bertz CT molecular complexity index is 374. The molecule has 1 heterocycles. The van der Waals surface area contributed by atoms with Gasteiger partial charge in [-0.25, -0.2) is 9.78 Å². The van der Waals surface area contributed by atoms with Gasteiger partial charge in [0.25, 0.3) is 0 Å². The van der Waals surface area contributed by atoms with E-state index in [1.54, 1.807) is 25.3 Å². The fourth-order valence-electron chi connectivity index (χ4n) is 0.827. The first-order valence-electron chi connectivity index (χ1n) is 4.34. The highest BCUT2D eigenvalue weighted by Crippen LogP contribution is 2.17. The minimum atomic E-state index is -0.883. The quantitative estimate of drug-likeness (QED) is 0.602. The van der Waals surface area contributed by atoms with E-state index in [-0.39, 0.29) is 0 Å². The second kappa shape index (κ2) is 5.41. The SMILES string of the molecule is CC(=CCSc1ccc(N)nc1)C(=O)O. The molecule has 80 valence electrons. The van der Waals surface area contributed by atoms with Crippen molar-refractivity contribution in [1.29, 1.82) is 0 Å². The molecule has 0 aromatic carbocycles. The van der Waals surface area contributed by atoms with Gasteiger partial charge in [-0.3, -0.25) is 0 Å². The predicted molar refractivity (Wildman–Crippen MR) is 60.8 cm³/mol. The Kier molecular flexibility index (Phi) is 4.17. The van der Waals surface area contributed by atoms with Crippen LogP contribution in [0, 0.1) is 0 Å². The molecule has 0 amide bonds. The molecule has 0 aliphatic rings. The molecule has 0 bridgehead atoms. The van der Waals surface area contributed by atoms with Crippen LogP contribution in [0.15, 0.2) is 34.9 Å². The molecule has 1 aromatic rings. The minimum Gasteiger partial charge on any atom is -0.478 e. The monoisotopic (exact) mass is 224 g/mol. The molecule has 4 nitrogen and oxygen atoms in total. The van der Waals surface area contributed by atoms with E-state index < -0.39 is 5.97 Å². The summed E-state index contributed by atoms with van der Waals surface area (Å²) < 4.78 is 0. The van der Waals surface area contributed by atoms with Gasteiger partial charge in [-0.1, -0.05) is 6.08 Å². The molecule has 0 fully saturated rings. The third-order valence-corrected chi connectivity index (χ3v) is 2.64. The van der Waals surface area contributed by atoms with Gasteiger partial charge < -0.3 is 10.8 Å². The van der Waals surface area contributed by atoms with E-state index in [2.05, 4.69) is 4.98 Å². The summed E-state index contributed by atoms with van der Waals surface area (Å²) in [6.07, 6.45) is 3.34. The van der Waals surface area contributed by atoms with Crippen molar-refractivity contribution in [2.45, 2.75) is 11.8 Å². The van der Waals surface area contributed by atoms with Crippen LogP contribution in [0.25, 0.3) is 0 Å². The summed E-state index contributed by atoms with van der Waals surface area (Å²) in [5, 5.41) is 8.61. The molecule has 1 aromatic heterocycles. The highest BCUT2D eigenvalue weighted by atomic mass is 32.2. The highest BCUT2D eigenvalue weighted by molar-refractivity contribution is 7.99. The summed E-state index contributed by atoms with van der Waals surface area (Å²) in [7, 11) is 0. The van der Waals surface area contributed by atoms with E-state index in [0.717, 1.165) is 4.90 Å². The van der Waals surface area contributed by atoms with Crippen LogP contribution in [0.3, 0.4) is 0 Å². The van der Waals surface area contributed by atoms with Gasteiger partial charge in [0.2, 0.25) is 0 Å². The van der Waals surface area contributed by atoms with Crippen LogP contribution < -0.4 is 5.73 Å². The largest absolute Gasteiger partial charge is 0.478 e. The lowest BCUT2D eigenvalue weighted by Gasteiger charge is -1.98. The van der Waals surface area contributed by atoms with Gasteiger partial charge in [-0.15, -0.1) is 11.8 Å². The van der Waals surface area contributed by atoms with E-state index in [1.165, 1.54) is 11.8 Å². The molecule has 3 N–H and O–H groups in total. The van der Waals surface area contributed by atoms with Crippen molar-refractivity contribution in [1.82, 2.24) is 4.98 Å². The second-order valence-electron chi connectivity index (χ2n) is 2.92. The van der Waals surface area contributed by atoms with Crippen LogP contribution in [0.1, 0.15) is 6.92 Å². The molecule has 5 heteroatoms. The van der Waals surface area contributed by atoms with Crippen LogP contribution in [0.4, 0.5) is 5.82 Å². The number of carbonyl (C=O) groups is 1. The third kappa shape index (κ3) is 4.03. The molecule has 0 saturated carbocycles. The Morgan fingerprint density at radius 3 is 2.93 bits per heavy atom. The maximum Gasteiger partial charge on any atom is 0.330 e. The first-order valence-corrected chi connectivity index (χ1v) is 5.32. The first kappa shape index (κ1) is 11.6. The Morgan fingerprint density at radius 1 is 1.67 bits per heavy atom. The predicted octanol–water partition coefficient (Wildman–Crippen LogP) is 1.79. The summed E-state index contributed by atoms with van der Waals surface area (Å²) in [6.45, 7) is 1.57. The number of rotatable bonds is 4. The average Bonchev–Trinajstić information content (AvgIpc) is 2.20. The summed E-state index contributed by atoms with van der Waals surface area (Å²) in [5.41, 5.74) is 5.79. The first-order chi connectivity index (χ1) is 7.09. The summed E-state index contributed by atoms with van der Waals surface area (Å²) in [4.78, 5) is 15.4. The lowest BCUT2D eigenvalue weighted by Crippen LogP contribution is -1.96. The summed E-state index contributed by atoms with van der Waals surface area (Å²) in [6, 6.07) is 3.58. The number of hydrogen-bond donors (Lipinski definition) is 2. The Hall–Kier alpha value is -1.49. The number of nitrogens with two attached hydrogens (primary N) is 1. The van der Waals surface area contributed by atoms with E-state index in [0.29, 0.717) is 17.1 Å². The second-order valence-corrected chi connectivity index (χ2v) is 4.02. The number of carboxylic acid groups (broad SMARTS) is 1. The van der Waals surface area contributed by atoms with Crippen molar-refractivity contribution in [3.8, 4) is 0 Å². The maximum absolute atomic E-state index is 10.5. The van der Waals surface area contributed by atoms with Crippen molar-refractivity contribution in [2.24, 2.45) is 0 Å². The van der Waals surface area contributed by atoms with Crippen molar-refractivity contribution >= 4 is 23.5 Å². The summed E-state index contributed by atoms with van der Waals surface area (Å²) in [5.74, 6) is 0.214. The van der Waals surface area contributed by atoms with Gasteiger partial charge in [0.15, 0.2) is 0 Å². The van der Waals surface area contributed by atoms with Gasteiger partial charge in [-0.05, 0) is 19.1 Å². The fourth-order valence-corrected chi connectivity index (χ4v) is 1.64. The maximum atomic E-state index is 10.5. The Balaban J connectivity index is 2.48. The number of thioether (sulfide) groups is 1. The molecule has 1 rings (SSSR count). The van der Waals surface area contributed by atoms with E-state index >= 15 is 0 Å². The number of anilines is 1. The van der Waals surface area contributed by atoms with Crippen LogP contribution in [-0.4, -0.2) is 21.8 Å². The van der Waals surface area contributed by atoms with Gasteiger partial charge in [-0.2, -0.15) is 0 Å². The Morgan fingerprint density at radius 2 is 2.40 bits per heavy atom. The van der Waals surface area contributed by atoms with Gasteiger partial charge in [0, 0.05) is 22.4 Å². The smallest absolute Gasteiger partial charge is 0.330 e. The molecule has 0 saturated heterocycles. The average molecular weight is 224 g/mol. The van der Waals surface area contributed by atoms with Crippen molar-refractivity contribution in [3.05, 3.63) is 30.0 Å². The third-order valence-electron chi connectivity index (χ3n) is 1.74. The number of nitrogens with zero attached hydrogens (tertiary/aromatic N) is 1. The number of carboxylic acids is 1. The highest BCUT2D eigenvalue weighted by Gasteiger charge is 1.98. The zero-order valence-electron chi connectivity index (χ0n) is 8.30. The molecule has 0 atom stereocenters. The fraction of sp³-hybridized carbons (Fsp3) is 0.200. The molecule has 15 heavy (non-hydrogen) atoms. The van der Waals surface area contributed by atoms with Gasteiger partial charge in [0.1, 0.15) is 5.82 Å². The van der Waals surface area contributed by atoms with Crippen LogP contribution in [0.5, 0.6) is 0 Å².